The van der Waals surface area contributed by atoms with Gasteiger partial charge in [0.25, 0.3) is 0 Å². The van der Waals surface area contributed by atoms with Gasteiger partial charge in [-0.1, -0.05) is 0 Å². The minimum absolute atomic E-state index is 0.157. The average Bonchev–Trinajstić information content (AvgIpc) is 2.70. The van der Waals surface area contributed by atoms with E-state index in [0.717, 1.165) is 11.8 Å². The standard InChI is InChI=1S/C15H24O3/c1-14(2,16)13-8-17-15(18-13)11-4-9-3-10(6-11)7-12(15)5-9/h9-13,16H,3-8H2,1-2H3. The summed E-state index contributed by atoms with van der Waals surface area (Å²) in [7, 11) is 0. The average molecular weight is 252 g/mol. The first-order valence-corrected chi connectivity index (χ1v) is 7.51. The summed E-state index contributed by atoms with van der Waals surface area (Å²) in [6.45, 7) is 4.22. The summed E-state index contributed by atoms with van der Waals surface area (Å²) in [5, 5.41) is 10.2. The fourth-order valence-electron chi connectivity index (χ4n) is 5.11. The van der Waals surface area contributed by atoms with Crippen molar-refractivity contribution >= 4 is 0 Å². The predicted octanol–water partition coefficient (Wildman–Crippen LogP) is 2.33. The molecule has 18 heavy (non-hydrogen) atoms. The summed E-state index contributed by atoms with van der Waals surface area (Å²) < 4.78 is 12.5. The van der Waals surface area contributed by atoms with Crippen LogP contribution in [0.1, 0.15) is 46.0 Å². The summed E-state index contributed by atoms with van der Waals surface area (Å²) in [6, 6.07) is 0. The predicted molar refractivity (Wildman–Crippen MR) is 66.9 cm³/mol. The van der Waals surface area contributed by atoms with Gasteiger partial charge in [0.2, 0.25) is 0 Å². The van der Waals surface area contributed by atoms with Gasteiger partial charge in [0, 0.05) is 11.8 Å². The van der Waals surface area contributed by atoms with Crippen molar-refractivity contribution in [2.75, 3.05) is 6.61 Å². The molecule has 0 aromatic carbocycles. The second-order valence-electron chi connectivity index (χ2n) is 7.60. The molecule has 4 aliphatic carbocycles. The van der Waals surface area contributed by atoms with Crippen LogP contribution in [0.2, 0.25) is 0 Å². The Labute approximate surface area is 109 Å². The van der Waals surface area contributed by atoms with Gasteiger partial charge in [-0.15, -0.1) is 0 Å². The monoisotopic (exact) mass is 252 g/mol. The second-order valence-corrected chi connectivity index (χ2v) is 7.60. The fraction of sp³-hybridized carbons (Fsp3) is 1.00. The molecule has 102 valence electrons. The Balaban J connectivity index is 1.61. The second kappa shape index (κ2) is 3.50. The van der Waals surface area contributed by atoms with Gasteiger partial charge in [0.05, 0.1) is 12.2 Å². The molecule has 5 aliphatic rings. The Morgan fingerprint density at radius 3 is 2.00 bits per heavy atom. The van der Waals surface area contributed by atoms with Gasteiger partial charge in [0.15, 0.2) is 5.79 Å². The molecule has 0 amide bonds. The Hall–Kier alpha value is -0.120. The lowest BCUT2D eigenvalue weighted by Gasteiger charge is -2.58. The molecule has 4 saturated carbocycles. The lowest BCUT2D eigenvalue weighted by Crippen LogP contribution is -2.59. The zero-order valence-corrected chi connectivity index (χ0v) is 11.4. The molecular formula is C15H24O3. The normalized spacial score (nSPS) is 54.5. The minimum Gasteiger partial charge on any atom is -0.388 e. The summed E-state index contributed by atoms with van der Waals surface area (Å²) in [5.41, 5.74) is -0.793. The van der Waals surface area contributed by atoms with E-state index in [1.165, 1.54) is 32.1 Å². The molecule has 3 nitrogen and oxygen atoms in total. The number of hydrogen-bond donors (Lipinski definition) is 1. The van der Waals surface area contributed by atoms with Gasteiger partial charge in [-0.2, -0.15) is 0 Å². The molecule has 1 saturated heterocycles. The molecule has 1 aliphatic heterocycles. The zero-order valence-electron chi connectivity index (χ0n) is 11.4. The van der Waals surface area contributed by atoms with Gasteiger partial charge < -0.3 is 14.6 Å². The molecule has 0 aromatic heterocycles. The summed E-state index contributed by atoms with van der Waals surface area (Å²) in [6.07, 6.45) is 6.42. The van der Waals surface area contributed by atoms with E-state index in [2.05, 4.69) is 0 Å². The van der Waals surface area contributed by atoms with Crippen LogP contribution in [0, 0.1) is 23.7 Å². The highest BCUT2D eigenvalue weighted by molar-refractivity contribution is 5.06. The van der Waals surface area contributed by atoms with Crippen molar-refractivity contribution in [2.45, 2.75) is 63.4 Å². The van der Waals surface area contributed by atoms with Crippen molar-refractivity contribution in [1.82, 2.24) is 0 Å². The van der Waals surface area contributed by atoms with Gasteiger partial charge in [0.1, 0.15) is 6.10 Å². The van der Waals surface area contributed by atoms with Crippen LogP contribution in [0.3, 0.4) is 0 Å². The molecule has 1 N–H and O–H groups in total. The first kappa shape index (κ1) is 11.7. The molecule has 0 aromatic rings. The lowest BCUT2D eigenvalue weighted by molar-refractivity contribution is -0.300. The maximum Gasteiger partial charge on any atom is 0.174 e. The van der Waals surface area contributed by atoms with Crippen molar-refractivity contribution in [3.8, 4) is 0 Å². The van der Waals surface area contributed by atoms with E-state index in [0.29, 0.717) is 18.4 Å². The SMILES string of the molecule is CC(C)(O)C1COC2(O1)C1CC3CC(C1)CC2C3. The molecule has 1 spiro atoms. The Kier molecular flexibility index (Phi) is 2.27. The number of ether oxygens (including phenoxy) is 2. The third-order valence-corrected chi connectivity index (χ3v) is 5.85. The molecule has 4 bridgehead atoms. The fourth-order valence-corrected chi connectivity index (χ4v) is 5.11. The summed E-state index contributed by atoms with van der Waals surface area (Å²) in [4.78, 5) is 0. The van der Waals surface area contributed by atoms with Gasteiger partial charge in [-0.3, -0.25) is 0 Å². The molecule has 1 unspecified atom stereocenters. The van der Waals surface area contributed by atoms with E-state index in [9.17, 15) is 5.11 Å². The van der Waals surface area contributed by atoms with Gasteiger partial charge in [-0.25, -0.2) is 0 Å². The quantitative estimate of drug-likeness (QED) is 0.778. The third kappa shape index (κ3) is 1.47. The number of hydrogen-bond acceptors (Lipinski definition) is 3. The van der Waals surface area contributed by atoms with Crippen molar-refractivity contribution in [3.05, 3.63) is 0 Å². The van der Waals surface area contributed by atoms with Crippen LogP contribution >= 0.6 is 0 Å². The van der Waals surface area contributed by atoms with E-state index in [-0.39, 0.29) is 11.9 Å². The van der Waals surface area contributed by atoms with Gasteiger partial charge in [-0.05, 0) is 57.8 Å². The van der Waals surface area contributed by atoms with Crippen LogP contribution in [0.25, 0.3) is 0 Å². The Morgan fingerprint density at radius 1 is 1.00 bits per heavy atom. The van der Waals surface area contributed by atoms with Crippen LogP contribution in [0.15, 0.2) is 0 Å². The van der Waals surface area contributed by atoms with E-state index >= 15 is 0 Å². The van der Waals surface area contributed by atoms with Crippen molar-refractivity contribution in [2.24, 2.45) is 23.7 Å². The van der Waals surface area contributed by atoms with E-state index in [1.807, 2.05) is 13.8 Å². The summed E-state index contributed by atoms with van der Waals surface area (Å²) in [5.74, 6) is 2.68. The molecule has 1 atom stereocenters. The minimum atomic E-state index is -0.793. The van der Waals surface area contributed by atoms with Crippen LogP contribution in [0.4, 0.5) is 0 Å². The van der Waals surface area contributed by atoms with Crippen molar-refractivity contribution in [1.29, 1.82) is 0 Å². The van der Waals surface area contributed by atoms with Crippen LogP contribution < -0.4 is 0 Å². The molecule has 0 radical (unpaired) electrons. The van der Waals surface area contributed by atoms with Crippen molar-refractivity contribution in [3.63, 3.8) is 0 Å². The van der Waals surface area contributed by atoms with E-state index in [1.54, 1.807) is 0 Å². The Morgan fingerprint density at radius 2 is 1.56 bits per heavy atom. The maximum atomic E-state index is 10.2. The highest BCUT2D eigenvalue weighted by Crippen LogP contribution is 2.61. The highest BCUT2D eigenvalue weighted by Gasteiger charge is 2.63. The van der Waals surface area contributed by atoms with Gasteiger partial charge >= 0.3 is 0 Å². The lowest BCUT2D eigenvalue weighted by atomic mass is 9.53. The maximum absolute atomic E-state index is 10.2. The highest BCUT2D eigenvalue weighted by atomic mass is 16.8. The molecule has 5 fully saturated rings. The van der Waals surface area contributed by atoms with Crippen LogP contribution in [-0.4, -0.2) is 29.2 Å². The number of rotatable bonds is 1. The summed E-state index contributed by atoms with van der Waals surface area (Å²) >= 11 is 0. The largest absolute Gasteiger partial charge is 0.388 e. The Bertz CT molecular complexity index is 329. The molecular weight excluding hydrogens is 228 g/mol. The van der Waals surface area contributed by atoms with Crippen molar-refractivity contribution < 1.29 is 14.6 Å². The van der Waals surface area contributed by atoms with E-state index < -0.39 is 5.60 Å². The number of aliphatic hydroxyl groups is 1. The first-order chi connectivity index (χ1) is 8.47. The van der Waals surface area contributed by atoms with Crippen LogP contribution in [0.5, 0.6) is 0 Å². The molecule has 5 rings (SSSR count). The first-order valence-electron chi connectivity index (χ1n) is 7.51. The van der Waals surface area contributed by atoms with Crippen LogP contribution in [-0.2, 0) is 9.47 Å². The third-order valence-electron chi connectivity index (χ3n) is 5.85. The zero-order chi connectivity index (χ0) is 12.5. The molecule has 1 heterocycles. The van der Waals surface area contributed by atoms with E-state index in [4.69, 9.17) is 9.47 Å². The smallest absolute Gasteiger partial charge is 0.174 e. The topological polar surface area (TPSA) is 38.7 Å². The molecule has 3 heteroatoms.